The molecular formula is C10H12INO3. The van der Waals surface area contributed by atoms with Crippen LogP contribution in [0.3, 0.4) is 0 Å². The second kappa shape index (κ2) is 6.56. The van der Waals surface area contributed by atoms with Gasteiger partial charge in [-0.1, -0.05) is 28.7 Å². The highest BCUT2D eigenvalue weighted by Crippen LogP contribution is 2.28. The molecule has 0 aromatic heterocycles. The molecule has 1 atom stereocenters. The van der Waals surface area contributed by atoms with Gasteiger partial charge in [-0.25, -0.2) is 0 Å². The van der Waals surface area contributed by atoms with Gasteiger partial charge in [0, 0.05) is 6.42 Å². The lowest BCUT2D eigenvalue weighted by Crippen LogP contribution is -2.32. The highest BCUT2D eigenvalue weighted by Gasteiger charge is 2.40. The largest absolute Gasteiger partial charge is 0.468 e. The molecule has 0 radical (unpaired) electrons. The number of esters is 1. The van der Waals surface area contributed by atoms with Crippen LogP contribution >= 0.6 is 22.6 Å². The molecule has 0 spiro atoms. The van der Waals surface area contributed by atoms with Crippen molar-refractivity contribution in [1.29, 1.82) is 5.26 Å². The maximum absolute atomic E-state index is 11.5. The number of Topliss-reactive ketones (excluding diaryl/α,β-unsaturated/α-hetero) is 1. The minimum atomic E-state index is -1.37. The molecule has 0 saturated heterocycles. The van der Waals surface area contributed by atoms with E-state index in [1.807, 2.05) is 28.7 Å². The number of hydrogen-bond donors (Lipinski definition) is 0. The van der Waals surface area contributed by atoms with Crippen molar-refractivity contribution in [2.75, 3.05) is 7.11 Å². The van der Waals surface area contributed by atoms with Gasteiger partial charge >= 0.3 is 5.97 Å². The lowest BCUT2D eigenvalue weighted by molar-refractivity contribution is -0.151. The standard InChI is InChI=1S/C10H12INO3/c1-8(13)6-10(7-12,4-3-5-11)9(14)15-2/h3,5H,4,6H2,1-2H3/b5-3+/t10-/m0/s1. The Labute approximate surface area is 102 Å². The number of ketones is 1. The molecule has 0 unspecified atom stereocenters. The third-order valence-corrected chi connectivity index (χ3v) is 2.40. The van der Waals surface area contributed by atoms with Crippen molar-refractivity contribution in [3.05, 3.63) is 10.2 Å². The summed E-state index contributed by atoms with van der Waals surface area (Å²) in [6.45, 7) is 1.35. The number of halogens is 1. The van der Waals surface area contributed by atoms with Crippen LogP contribution in [0.25, 0.3) is 0 Å². The Bertz CT molecular complexity index is 319. The molecule has 4 nitrogen and oxygen atoms in total. The predicted octanol–water partition coefficient (Wildman–Crippen LogP) is 1.99. The average molecular weight is 321 g/mol. The molecule has 0 rings (SSSR count). The number of ether oxygens (including phenoxy) is 1. The molecule has 0 aliphatic carbocycles. The van der Waals surface area contributed by atoms with E-state index in [1.54, 1.807) is 10.2 Å². The fourth-order valence-corrected chi connectivity index (χ4v) is 1.48. The Morgan fingerprint density at radius 1 is 1.60 bits per heavy atom. The summed E-state index contributed by atoms with van der Waals surface area (Å²) in [4.78, 5) is 22.5. The quantitative estimate of drug-likeness (QED) is 0.574. The van der Waals surface area contributed by atoms with Crippen molar-refractivity contribution in [2.45, 2.75) is 19.8 Å². The Morgan fingerprint density at radius 2 is 2.20 bits per heavy atom. The van der Waals surface area contributed by atoms with E-state index in [0.717, 1.165) is 0 Å². The SMILES string of the molecule is COC(=O)[C@@](C#N)(C/C=C/I)CC(C)=O. The first-order chi connectivity index (χ1) is 7.02. The number of carbonyl (C=O) groups excluding carboxylic acids is 2. The van der Waals surface area contributed by atoms with Crippen molar-refractivity contribution in [2.24, 2.45) is 5.41 Å². The van der Waals surface area contributed by atoms with Gasteiger partial charge < -0.3 is 4.74 Å². The summed E-state index contributed by atoms with van der Waals surface area (Å²) in [6.07, 6.45) is 1.75. The zero-order chi connectivity index (χ0) is 11.9. The topological polar surface area (TPSA) is 67.2 Å². The molecule has 5 heteroatoms. The Balaban J connectivity index is 5.02. The molecular weight excluding hydrogens is 309 g/mol. The minimum Gasteiger partial charge on any atom is -0.468 e. The van der Waals surface area contributed by atoms with E-state index < -0.39 is 11.4 Å². The first kappa shape index (κ1) is 14.1. The number of nitriles is 1. The van der Waals surface area contributed by atoms with E-state index in [1.165, 1.54) is 14.0 Å². The van der Waals surface area contributed by atoms with Gasteiger partial charge in [-0.3, -0.25) is 9.59 Å². The summed E-state index contributed by atoms with van der Waals surface area (Å²) in [6, 6.07) is 1.88. The summed E-state index contributed by atoms with van der Waals surface area (Å²) in [5.41, 5.74) is -1.37. The molecule has 0 aromatic carbocycles. The maximum Gasteiger partial charge on any atom is 0.326 e. The molecule has 0 N–H and O–H groups in total. The van der Waals surface area contributed by atoms with E-state index >= 15 is 0 Å². The summed E-state index contributed by atoms with van der Waals surface area (Å²) >= 11 is 1.99. The molecule has 0 bridgehead atoms. The fourth-order valence-electron chi connectivity index (χ4n) is 1.22. The molecule has 0 amide bonds. The first-order valence-corrected chi connectivity index (χ1v) is 5.51. The number of nitrogens with zero attached hydrogens (tertiary/aromatic N) is 1. The maximum atomic E-state index is 11.5. The van der Waals surface area contributed by atoms with Gasteiger partial charge in [0.2, 0.25) is 0 Å². The van der Waals surface area contributed by atoms with Crippen molar-refractivity contribution in [1.82, 2.24) is 0 Å². The van der Waals surface area contributed by atoms with Gasteiger partial charge in [0.15, 0.2) is 5.41 Å². The van der Waals surface area contributed by atoms with E-state index in [2.05, 4.69) is 4.74 Å². The van der Waals surface area contributed by atoms with Crippen LogP contribution in [-0.4, -0.2) is 18.9 Å². The summed E-state index contributed by atoms with van der Waals surface area (Å²) in [5, 5.41) is 9.01. The van der Waals surface area contributed by atoms with Crippen LogP contribution in [0.2, 0.25) is 0 Å². The second-order valence-corrected chi connectivity index (χ2v) is 3.85. The molecule has 0 heterocycles. The number of allylic oxidation sites excluding steroid dienone is 1. The number of methoxy groups -OCH3 is 1. The second-order valence-electron chi connectivity index (χ2n) is 3.13. The van der Waals surface area contributed by atoms with Crippen LogP contribution in [0.5, 0.6) is 0 Å². The van der Waals surface area contributed by atoms with Crippen LogP contribution in [0, 0.1) is 16.7 Å². The molecule has 0 saturated carbocycles. The average Bonchev–Trinajstić information content (AvgIpc) is 2.22. The summed E-state index contributed by atoms with van der Waals surface area (Å²) < 4.78 is 6.26. The van der Waals surface area contributed by atoms with E-state index in [4.69, 9.17) is 5.26 Å². The molecule has 82 valence electrons. The molecule has 0 aromatic rings. The lowest BCUT2D eigenvalue weighted by Gasteiger charge is -2.20. The third kappa shape index (κ3) is 4.00. The summed E-state index contributed by atoms with van der Waals surface area (Å²) in [7, 11) is 1.21. The predicted molar refractivity (Wildman–Crippen MR) is 63.1 cm³/mol. The van der Waals surface area contributed by atoms with E-state index in [-0.39, 0.29) is 18.6 Å². The normalized spacial score (nSPS) is 14.3. The number of carbonyl (C=O) groups is 2. The Hall–Kier alpha value is -0.900. The van der Waals surface area contributed by atoms with Gasteiger partial charge in [-0.15, -0.1) is 0 Å². The van der Waals surface area contributed by atoms with Crippen LogP contribution in [0.1, 0.15) is 19.8 Å². The third-order valence-electron chi connectivity index (χ3n) is 1.90. The van der Waals surface area contributed by atoms with Crippen LogP contribution in [0.15, 0.2) is 10.2 Å². The van der Waals surface area contributed by atoms with Gasteiger partial charge in [0.25, 0.3) is 0 Å². The van der Waals surface area contributed by atoms with Gasteiger partial charge in [0.1, 0.15) is 5.78 Å². The Morgan fingerprint density at radius 3 is 2.53 bits per heavy atom. The first-order valence-electron chi connectivity index (χ1n) is 4.26. The molecule has 0 aliphatic rings. The smallest absolute Gasteiger partial charge is 0.326 e. The van der Waals surface area contributed by atoms with Crippen molar-refractivity contribution in [3.8, 4) is 6.07 Å². The van der Waals surface area contributed by atoms with Gasteiger partial charge in [-0.2, -0.15) is 5.26 Å². The minimum absolute atomic E-state index is 0.114. The van der Waals surface area contributed by atoms with Crippen LogP contribution < -0.4 is 0 Å². The van der Waals surface area contributed by atoms with E-state index in [9.17, 15) is 9.59 Å². The highest BCUT2D eigenvalue weighted by molar-refractivity contribution is 14.1. The van der Waals surface area contributed by atoms with Crippen LogP contribution in [-0.2, 0) is 14.3 Å². The lowest BCUT2D eigenvalue weighted by atomic mass is 9.81. The molecule has 15 heavy (non-hydrogen) atoms. The zero-order valence-corrected chi connectivity index (χ0v) is 10.8. The monoisotopic (exact) mass is 321 g/mol. The van der Waals surface area contributed by atoms with E-state index in [0.29, 0.717) is 0 Å². The summed E-state index contributed by atoms with van der Waals surface area (Å²) in [5.74, 6) is -0.862. The van der Waals surface area contributed by atoms with Crippen molar-refractivity contribution < 1.29 is 14.3 Å². The number of rotatable bonds is 5. The zero-order valence-electron chi connectivity index (χ0n) is 8.62. The fraction of sp³-hybridized carbons (Fsp3) is 0.500. The van der Waals surface area contributed by atoms with Crippen molar-refractivity contribution in [3.63, 3.8) is 0 Å². The Kier molecular flexibility index (Phi) is 6.17. The van der Waals surface area contributed by atoms with Crippen LogP contribution in [0.4, 0.5) is 0 Å². The highest BCUT2D eigenvalue weighted by atomic mass is 127. The molecule has 0 aliphatic heterocycles. The van der Waals surface area contributed by atoms with Crippen molar-refractivity contribution >= 4 is 34.3 Å². The number of hydrogen-bond acceptors (Lipinski definition) is 4. The molecule has 0 fully saturated rings. The van der Waals surface area contributed by atoms with Gasteiger partial charge in [-0.05, 0) is 17.4 Å². The van der Waals surface area contributed by atoms with Gasteiger partial charge in [0.05, 0.1) is 13.2 Å².